The van der Waals surface area contributed by atoms with Gasteiger partial charge in [0.05, 0.1) is 6.54 Å². The number of rotatable bonds is 9. The Morgan fingerprint density at radius 2 is 1.57 bits per heavy atom. The molecule has 0 unspecified atom stereocenters. The number of hydrogen-bond donors (Lipinski definition) is 4. The lowest BCUT2D eigenvalue weighted by atomic mass is 10.0. The van der Waals surface area contributed by atoms with Gasteiger partial charge in [-0.15, -0.1) is 0 Å². The van der Waals surface area contributed by atoms with Crippen LogP contribution in [-0.2, 0) is 4.79 Å². The summed E-state index contributed by atoms with van der Waals surface area (Å²) in [5.41, 5.74) is 2.07. The molecule has 0 aliphatic heterocycles. The van der Waals surface area contributed by atoms with Crippen molar-refractivity contribution in [2.24, 2.45) is 0 Å². The van der Waals surface area contributed by atoms with Crippen LogP contribution in [0.3, 0.4) is 0 Å². The number of anilines is 2. The molecule has 0 aromatic heterocycles. The topological polar surface area (TPSA) is 99.3 Å². The fourth-order valence-electron chi connectivity index (χ4n) is 2.60. The van der Waals surface area contributed by atoms with Gasteiger partial charge in [0, 0.05) is 34.6 Å². The van der Waals surface area contributed by atoms with Gasteiger partial charge < -0.3 is 21.3 Å². The van der Waals surface area contributed by atoms with Gasteiger partial charge in [0.15, 0.2) is 0 Å². The van der Waals surface area contributed by atoms with E-state index in [1.165, 1.54) is 0 Å². The number of nitrogens with one attached hydrogen (secondary N) is 4. The quantitative estimate of drug-likeness (QED) is 0.509. The van der Waals surface area contributed by atoms with Gasteiger partial charge in [-0.2, -0.15) is 0 Å². The minimum Gasteiger partial charge on any atom is -0.376 e. The second-order valence-electron chi connectivity index (χ2n) is 7.61. The van der Waals surface area contributed by atoms with Crippen LogP contribution in [0.4, 0.5) is 11.4 Å². The van der Waals surface area contributed by atoms with Crippen molar-refractivity contribution in [3.8, 4) is 0 Å². The SMILES string of the molecule is CCNC(=O)c1cccc(NC(=O)CNc2ccc(C(=O)NC(C)(C)CC)cc2)c1. The van der Waals surface area contributed by atoms with Crippen LogP contribution < -0.4 is 21.3 Å². The lowest BCUT2D eigenvalue weighted by molar-refractivity contribution is -0.114. The minimum atomic E-state index is -0.263. The van der Waals surface area contributed by atoms with E-state index in [0.29, 0.717) is 23.4 Å². The Labute approximate surface area is 177 Å². The van der Waals surface area contributed by atoms with E-state index < -0.39 is 0 Å². The van der Waals surface area contributed by atoms with Crippen LogP contribution in [0.2, 0.25) is 0 Å². The fourth-order valence-corrected chi connectivity index (χ4v) is 2.60. The van der Waals surface area contributed by atoms with Gasteiger partial charge in [-0.1, -0.05) is 13.0 Å². The third kappa shape index (κ3) is 6.92. The molecular formula is C23H30N4O3. The smallest absolute Gasteiger partial charge is 0.251 e. The maximum absolute atomic E-state index is 12.3. The van der Waals surface area contributed by atoms with Gasteiger partial charge in [0.2, 0.25) is 5.91 Å². The highest BCUT2D eigenvalue weighted by atomic mass is 16.2. The molecule has 0 aliphatic carbocycles. The van der Waals surface area contributed by atoms with E-state index in [1.54, 1.807) is 48.5 Å². The summed E-state index contributed by atoms with van der Waals surface area (Å²) < 4.78 is 0. The zero-order valence-electron chi connectivity index (χ0n) is 18.0. The maximum atomic E-state index is 12.3. The molecule has 30 heavy (non-hydrogen) atoms. The summed E-state index contributed by atoms with van der Waals surface area (Å²) >= 11 is 0. The Morgan fingerprint density at radius 3 is 2.20 bits per heavy atom. The van der Waals surface area contributed by atoms with Gasteiger partial charge in [0.1, 0.15) is 0 Å². The third-order valence-corrected chi connectivity index (χ3v) is 4.68. The van der Waals surface area contributed by atoms with Crippen LogP contribution in [0.5, 0.6) is 0 Å². The Morgan fingerprint density at radius 1 is 0.867 bits per heavy atom. The van der Waals surface area contributed by atoms with E-state index >= 15 is 0 Å². The van der Waals surface area contributed by atoms with Crippen LogP contribution in [0.25, 0.3) is 0 Å². The second kappa shape index (κ2) is 10.4. The fraction of sp³-hybridized carbons (Fsp3) is 0.348. The largest absolute Gasteiger partial charge is 0.376 e. The van der Waals surface area contributed by atoms with Crippen molar-refractivity contribution < 1.29 is 14.4 Å². The average Bonchev–Trinajstić information content (AvgIpc) is 2.72. The summed E-state index contributed by atoms with van der Waals surface area (Å²) in [6.07, 6.45) is 0.833. The molecule has 0 radical (unpaired) electrons. The maximum Gasteiger partial charge on any atom is 0.251 e. The van der Waals surface area contributed by atoms with Crippen molar-refractivity contribution in [2.75, 3.05) is 23.7 Å². The van der Waals surface area contributed by atoms with Crippen LogP contribution in [0.1, 0.15) is 54.8 Å². The van der Waals surface area contributed by atoms with Crippen molar-refractivity contribution in [1.82, 2.24) is 10.6 Å². The first kappa shape index (κ1) is 22.9. The molecule has 0 saturated carbocycles. The molecule has 4 N–H and O–H groups in total. The van der Waals surface area contributed by atoms with Crippen molar-refractivity contribution in [3.63, 3.8) is 0 Å². The zero-order chi connectivity index (χ0) is 22.1. The molecule has 0 spiro atoms. The first-order chi connectivity index (χ1) is 14.2. The summed E-state index contributed by atoms with van der Waals surface area (Å²) in [4.78, 5) is 36.4. The third-order valence-electron chi connectivity index (χ3n) is 4.68. The van der Waals surface area contributed by atoms with Crippen LogP contribution in [0, 0.1) is 0 Å². The number of amides is 3. The Balaban J connectivity index is 1.89. The molecule has 7 heteroatoms. The van der Waals surface area contributed by atoms with Crippen molar-refractivity contribution in [3.05, 3.63) is 59.7 Å². The summed E-state index contributed by atoms with van der Waals surface area (Å²) in [7, 11) is 0. The van der Waals surface area contributed by atoms with Gasteiger partial charge >= 0.3 is 0 Å². The van der Waals surface area contributed by atoms with Gasteiger partial charge in [-0.05, 0) is 69.7 Å². The Hall–Kier alpha value is -3.35. The average molecular weight is 411 g/mol. The molecular weight excluding hydrogens is 380 g/mol. The molecule has 3 amide bonds. The van der Waals surface area contributed by atoms with E-state index in [1.807, 2.05) is 27.7 Å². The lowest BCUT2D eigenvalue weighted by Crippen LogP contribution is -2.42. The van der Waals surface area contributed by atoms with Crippen molar-refractivity contribution in [1.29, 1.82) is 0 Å². The highest BCUT2D eigenvalue weighted by Crippen LogP contribution is 2.13. The summed E-state index contributed by atoms with van der Waals surface area (Å²) in [5.74, 6) is -0.550. The van der Waals surface area contributed by atoms with E-state index in [0.717, 1.165) is 12.1 Å². The molecule has 0 atom stereocenters. The van der Waals surface area contributed by atoms with E-state index in [9.17, 15) is 14.4 Å². The van der Waals surface area contributed by atoms with Crippen molar-refractivity contribution in [2.45, 2.75) is 39.7 Å². The molecule has 2 aromatic rings. The molecule has 0 aliphatic rings. The van der Waals surface area contributed by atoms with Crippen LogP contribution >= 0.6 is 0 Å². The molecule has 0 heterocycles. The summed E-state index contributed by atoms with van der Waals surface area (Å²) in [6, 6.07) is 13.7. The number of carbonyl (C=O) groups excluding carboxylic acids is 3. The molecule has 0 bridgehead atoms. The van der Waals surface area contributed by atoms with Gasteiger partial charge in [-0.3, -0.25) is 14.4 Å². The highest BCUT2D eigenvalue weighted by molar-refractivity contribution is 5.98. The zero-order valence-corrected chi connectivity index (χ0v) is 18.0. The summed E-state index contributed by atoms with van der Waals surface area (Å²) in [6.45, 7) is 8.42. The van der Waals surface area contributed by atoms with Crippen molar-refractivity contribution >= 4 is 29.1 Å². The first-order valence-electron chi connectivity index (χ1n) is 10.1. The van der Waals surface area contributed by atoms with Crippen LogP contribution in [-0.4, -0.2) is 36.3 Å². The predicted octanol–water partition coefficient (Wildman–Crippen LogP) is 3.41. The van der Waals surface area contributed by atoms with Gasteiger partial charge in [0.25, 0.3) is 11.8 Å². The van der Waals surface area contributed by atoms with E-state index in [2.05, 4.69) is 21.3 Å². The predicted molar refractivity (Wildman–Crippen MR) is 120 cm³/mol. The monoisotopic (exact) mass is 410 g/mol. The molecule has 0 fully saturated rings. The number of hydrogen-bond acceptors (Lipinski definition) is 4. The van der Waals surface area contributed by atoms with E-state index in [4.69, 9.17) is 0 Å². The van der Waals surface area contributed by atoms with Crippen LogP contribution in [0.15, 0.2) is 48.5 Å². The highest BCUT2D eigenvalue weighted by Gasteiger charge is 2.18. The number of benzene rings is 2. The molecule has 160 valence electrons. The first-order valence-corrected chi connectivity index (χ1v) is 10.1. The second-order valence-corrected chi connectivity index (χ2v) is 7.61. The van der Waals surface area contributed by atoms with Gasteiger partial charge in [-0.25, -0.2) is 0 Å². The summed E-state index contributed by atoms with van der Waals surface area (Å²) in [5, 5.41) is 11.5. The normalized spacial score (nSPS) is 10.8. The Bertz CT molecular complexity index is 892. The molecule has 7 nitrogen and oxygen atoms in total. The molecule has 2 rings (SSSR count). The number of carbonyl (C=O) groups is 3. The molecule has 0 saturated heterocycles. The lowest BCUT2D eigenvalue weighted by Gasteiger charge is -2.24. The standard InChI is InChI=1S/C23H30N4O3/c1-5-23(3,4)27-22(30)16-10-12-18(13-11-16)25-15-20(28)26-19-9-7-8-17(14-19)21(29)24-6-2/h7-14,25H,5-6,15H2,1-4H3,(H,24,29)(H,26,28)(H,27,30). The Kier molecular flexibility index (Phi) is 7.98. The van der Waals surface area contributed by atoms with E-state index in [-0.39, 0.29) is 29.8 Å². The minimum absolute atomic E-state index is 0.0554. The molecule has 2 aromatic carbocycles.